The normalized spacial score (nSPS) is 33.4. The quantitative estimate of drug-likeness (QED) is 0.795. The third kappa shape index (κ3) is 4.16. The Morgan fingerprint density at radius 3 is 2.58 bits per heavy atom. The minimum absolute atomic E-state index is 0.0302. The number of ether oxygens (including phenoxy) is 1. The maximum absolute atomic E-state index is 12.3. The highest BCUT2D eigenvalue weighted by atomic mass is 16.5. The second kappa shape index (κ2) is 6.68. The Labute approximate surface area is 115 Å². The highest BCUT2D eigenvalue weighted by Gasteiger charge is 2.28. The van der Waals surface area contributed by atoms with Gasteiger partial charge in [0.2, 0.25) is 5.91 Å². The molecule has 2 fully saturated rings. The lowest BCUT2D eigenvalue weighted by atomic mass is 9.92. The highest BCUT2D eigenvalue weighted by Crippen LogP contribution is 2.21. The predicted molar refractivity (Wildman–Crippen MR) is 72.8 cm³/mol. The van der Waals surface area contributed by atoms with Crippen molar-refractivity contribution in [3.05, 3.63) is 0 Å². The van der Waals surface area contributed by atoms with Crippen LogP contribution in [0.25, 0.3) is 0 Å². The molecule has 0 aromatic rings. The Morgan fingerprint density at radius 1 is 1.26 bits per heavy atom. The zero-order chi connectivity index (χ0) is 13.8. The molecule has 2 heterocycles. The number of aliphatic hydroxyl groups excluding tert-OH is 1. The van der Waals surface area contributed by atoms with Crippen LogP contribution >= 0.6 is 0 Å². The van der Waals surface area contributed by atoms with Gasteiger partial charge >= 0.3 is 0 Å². The number of likely N-dealkylation sites (tertiary alicyclic amines) is 1. The van der Waals surface area contributed by atoms with Gasteiger partial charge in [-0.1, -0.05) is 13.8 Å². The summed E-state index contributed by atoms with van der Waals surface area (Å²) in [4.78, 5) is 16.4. The summed E-state index contributed by atoms with van der Waals surface area (Å²) in [5.41, 5.74) is 0. The zero-order valence-corrected chi connectivity index (χ0v) is 12.0. The second-order valence-corrected chi connectivity index (χ2v) is 6.16. The molecular weight excluding hydrogens is 244 g/mol. The van der Waals surface area contributed by atoms with Gasteiger partial charge < -0.3 is 14.7 Å². The van der Waals surface area contributed by atoms with Crippen LogP contribution < -0.4 is 0 Å². The van der Waals surface area contributed by atoms with Gasteiger partial charge in [-0.3, -0.25) is 9.69 Å². The smallest absolute Gasteiger partial charge is 0.236 e. The van der Waals surface area contributed by atoms with Crippen LogP contribution in [0.4, 0.5) is 0 Å². The minimum atomic E-state index is -0.138. The number of amides is 1. The number of carbonyl (C=O) groups is 1. The van der Waals surface area contributed by atoms with E-state index in [1.807, 2.05) is 4.90 Å². The summed E-state index contributed by atoms with van der Waals surface area (Å²) >= 11 is 0. The molecule has 19 heavy (non-hydrogen) atoms. The van der Waals surface area contributed by atoms with Crippen molar-refractivity contribution in [2.75, 3.05) is 45.9 Å². The summed E-state index contributed by atoms with van der Waals surface area (Å²) in [5.74, 6) is 1.42. The summed E-state index contributed by atoms with van der Waals surface area (Å²) < 4.78 is 5.40. The van der Waals surface area contributed by atoms with E-state index >= 15 is 0 Å². The first kappa shape index (κ1) is 14.8. The number of piperidine rings is 1. The molecule has 110 valence electrons. The van der Waals surface area contributed by atoms with Gasteiger partial charge in [-0.2, -0.15) is 0 Å². The fourth-order valence-electron chi connectivity index (χ4n) is 3.19. The molecule has 2 saturated heterocycles. The van der Waals surface area contributed by atoms with E-state index in [0.29, 0.717) is 31.5 Å². The van der Waals surface area contributed by atoms with Crippen molar-refractivity contribution in [1.29, 1.82) is 0 Å². The van der Waals surface area contributed by atoms with Crippen molar-refractivity contribution in [3.63, 3.8) is 0 Å². The first-order valence-corrected chi connectivity index (χ1v) is 7.31. The van der Waals surface area contributed by atoms with Gasteiger partial charge in [-0.15, -0.1) is 0 Å². The molecule has 2 aliphatic heterocycles. The summed E-state index contributed by atoms with van der Waals surface area (Å²) in [6.07, 6.45) is 1.08. The number of morpholine rings is 1. The van der Waals surface area contributed by atoms with Crippen LogP contribution in [-0.2, 0) is 9.53 Å². The number of nitrogens with zero attached hydrogens (tertiary/aromatic N) is 2. The van der Waals surface area contributed by atoms with E-state index in [-0.39, 0.29) is 18.6 Å². The maximum atomic E-state index is 12.3. The fraction of sp³-hybridized carbons (Fsp3) is 0.929. The SMILES string of the molecule is CC1CC(C)CN(C(=O)CN2CCOC(CO)C2)C1. The van der Waals surface area contributed by atoms with Crippen LogP contribution in [0.15, 0.2) is 0 Å². The van der Waals surface area contributed by atoms with Crippen molar-refractivity contribution >= 4 is 5.91 Å². The van der Waals surface area contributed by atoms with E-state index in [9.17, 15) is 4.79 Å². The van der Waals surface area contributed by atoms with Crippen molar-refractivity contribution < 1.29 is 14.6 Å². The van der Waals surface area contributed by atoms with Gasteiger partial charge in [0.25, 0.3) is 0 Å². The van der Waals surface area contributed by atoms with Gasteiger partial charge in [-0.05, 0) is 18.3 Å². The van der Waals surface area contributed by atoms with E-state index in [4.69, 9.17) is 9.84 Å². The molecule has 3 unspecified atom stereocenters. The zero-order valence-electron chi connectivity index (χ0n) is 12.0. The summed E-state index contributed by atoms with van der Waals surface area (Å²) in [6, 6.07) is 0. The monoisotopic (exact) mass is 270 g/mol. The van der Waals surface area contributed by atoms with E-state index < -0.39 is 0 Å². The molecule has 1 N–H and O–H groups in total. The van der Waals surface area contributed by atoms with Crippen LogP contribution in [-0.4, -0.2) is 72.9 Å². The molecule has 1 amide bonds. The number of hydrogen-bond donors (Lipinski definition) is 1. The molecule has 0 spiro atoms. The number of carbonyl (C=O) groups excluding carboxylic acids is 1. The minimum Gasteiger partial charge on any atom is -0.394 e. The fourth-order valence-corrected chi connectivity index (χ4v) is 3.19. The third-order valence-corrected chi connectivity index (χ3v) is 4.01. The summed E-state index contributed by atoms with van der Waals surface area (Å²) in [6.45, 7) is 8.72. The number of rotatable bonds is 3. The molecule has 0 saturated carbocycles. The van der Waals surface area contributed by atoms with Crippen LogP contribution in [0.3, 0.4) is 0 Å². The Balaban J connectivity index is 1.83. The molecule has 0 aromatic heterocycles. The average molecular weight is 270 g/mol. The van der Waals surface area contributed by atoms with E-state index in [0.717, 1.165) is 19.6 Å². The molecule has 5 heteroatoms. The topological polar surface area (TPSA) is 53.0 Å². The van der Waals surface area contributed by atoms with Crippen molar-refractivity contribution in [2.24, 2.45) is 11.8 Å². The predicted octanol–water partition coefficient (Wildman–Crippen LogP) is 0.184. The van der Waals surface area contributed by atoms with Crippen molar-refractivity contribution in [1.82, 2.24) is 9.80 Å². The van der Waals surface area contributed by atoms with Crippen LogP contribution in [0, 0.1) is 11.8 Å². The van der Waals surface area contributed by atoms with E-state index in [1.165, 1.54) is 6.42 Å². The number of aliphatic hydroxyl groups is 1. The van der Waals surface area contributed by atoms with Gasteiger partial charge in [0.15, 0.2) is 0 Å². The van der Waals surface area contributed by atoms with E-state index in [1.54, 1.807) is 0 Å². The average Bonchev–Trinajstić information content (AvgIpc) is 2.37. The lowest BCUT2D eigenvalue weighted by Gasteiger charge is -2.37. The molecule has 0 aromatic carbocycles. The summed E-state index contributed by atoms with van der Waals surface area (Å²) in [5, 5.41) is 9.11. The summed E-state index contributed by atoms with van der Waals surface area (Å²) in [7, 11) is 0. The molecule has 5 nitrogen and oxygen atoms in total. The largest absolute Gasteiger partial charge is 0.394 e. The molecule has 0 aliphatic carbocycles. The van der Waals surface area contributed by atoms with Gasteiger partial charge in [0.05, 0.1) is 25.9 Å². The Kier molecular flexibility index (Phi) is 5.19. The van der Waals surface area contributed by atoms with Gasteiger partial charge in [-0.25, -0.2) is 0 Å². The first-order chi connectivity index (χ1) is 9.08. The van der Waals surface area contributed by atoms with Crippen LogP contribution in [0.2, 0.25) is 0 Å². The molecule has 0 radical (unpaired) electrons. The maximum Gasteiger partial charge on any atom is 0.236 e. The Morgan fingerprint density at radius 2 is 1.95 bits per heavy atom. The Bertz CT molecular complexity index is 301. The Hall–Kier alpha value is -0.650. The van der Waals surface area contributed by atoms with Crippen molar-refractivity contribution in [3.8, 4) is 0 Å². The van der Waals surface area contributed by atoms with Gasteiger partial charge in [0.1, 0.15) is 0 Å². The van der Waals surface area contributed by atoms with E-state index in [2.05, 4.69) is 18.7 Å². The van der Waals surface area contributed by atoms with Crippen molar-refractivity contribution in [2.45, 2.75) is 26.4 Å². The van der Waals surface area contributed by atoms with Crippen LogP contribution in [0.1, 0.15) is 20.3 Å². The van der Waals surface area contributed by atoms with Crippen LogP contribution in [0.5, 0.6) is 0 Å². The third-order valence-electron chi connectivity index (χ3n) is 4.01. The molecule has 0 bridgehead atoms. The van der Waals surface area contributed by atoms with Gasteiger partial charge in [0, 0.05) is 26.2 Å². The number of hydrogen-bond acceptors (Lipinski definition) is 4. The second-order valence-electron chi connectivity index (χ2n) is 6.16. The standard InChI is InChI=1S/C14H26N2O3/c1-11-5-12(2)7-16(6-11)14(18)9-15-3-4-19-13(8-15)10-17/h11-13,17H,3-10H2,1-2H3. The molecular formula is C14H26N2O3. The first-order valence-electron chi connectivity index (χ1n) is 7.31. The lowest BCUT2D eigenvalue weighted by molar-refractivity contribution is -0.137. The molecule has 2 rings (SSSR count). The lowest BCUT2D eigenvalue weighted by Crippen LogP contribution is -2.51. The molecule has 2 aliphatic rings. The highest BCUT2D eigenvalue weighted by molar-refractivity contribution is 5.78. The molecule has 3 atom stereocenters.